The highest BCUT2D eigenvalue weighted by Gasteiger charge is 1.95. The smallest absolute Gasteiger partial charge is 0.264 e. The predicted octanol–water partition coefficient (Wildman–Crippen LogP) is 0.105. The lowest BCUT2D eigenvalue weighted by Crippen LogP contribution is -2.29. The second-order valence-corrected chi connectivity index (χ2v) is 4.19. The van der Waals surface area contributed by atoms with E-state index in [1.165, 1.54) is 6.07 Å². The molecule has 5 heteroatoms. The van der Waals surface area contributed by atoms with Crippen molar-refractivity contribution in [1.82, 2.24) is 20.8 Å². The third kappa shape index (κ3) is 5.63. The molecule has 0 radical (unpaired) electrons. The maximum Gasteiger partial charge on any atom is 0.264 e. The van der Waals surface area contributed by atoms with E-state index < -0.39 is 0 Å². The van der Waals surface area contributed by atoms with E-state index in [9.17, 15) is 4.79 Å². The van der Waals surface area contributed by atoms with Crippen LogP contribution in [0.2, 0.25) is 0 Å². The molecule has 0 aliphatic heterocycles. The molecule has 0 bridgehead atoms. The Labute approximate surface area is 95.7 Å². The van der Waals surface area contributed by atoms with E-state index in [-0.39, 0.29) is 5.56 Å². The molecule has 0 saturated carbocycles. The number of H-pyrrole nitrogens is 1. The van der Waals surface area contributed by atoms with Gasteiger partial charge in [-0.25, -0.2) is 5.10 Å². The summed E-state index contributed by atoms with van der Waals surface area (Å²) >= 11 is 0. The molecule has 0 saturated heterocycles. The van der Waals surface area contributed by atoms with Crippen LogP contribution < -0.4 is 16.2 Å². The Balaban J connectivity index is 2.07. The van der Waals surface area contributed by atoms with Crippen LogP contribution in [-0.2, 0) is 6.54 Å². The molecule has 0 aliphatic carbocycles. The first kappa shape index (κ1) is 12.9. The van der Waals surface area contributed by atoms with Gasteiger partial charge < -0.3 is 10.6 Å². The average molecular weight is 224 g/mol. The van der Waals surface area contributed by atoms with Gasteiger partial charge in [0.2, 0.25) is 0 Å². The Kier molecular flexibility index (Phi) is 5.74. The molecule has 0 fully saturated rings. The molecule has 0 aromatic carbocycles. The summed E-state index contributed by atoms with van der Waals surface area (Å²) < 4.78 is 0. The number of aromatic nitrogens is 2. The first-order chi connectivity index (χ1) is 7.68. The normalized spacial score (nSPS) is 10.9. The third-order valence-electron chi connectivity index (χ3n) is 2.07. The summed E-state index contributed by atoms with van der Waals surface area (Å²) in [6, 6.07) is 3.22. The maximum absolute atomic E-state index is 10.8. The van der Waals surface area contributed by atoms with Gasteiger partial charge in [-0.1, -0.05) is 13.8 Å². The molecule has 90 valence electrons. The second-order valence-electron chi connectivity index (χ2n) is 4.19. The fourth-order valence-corrected chi connectivity index (χ4v) is 1.26. The van der Waals surface area contributed by atoms with E-state index in [4.69, 9.17) is 0 Å². The van der Waals surface area contributed by atoms with Crippen LogP contribution in [0.25, 0.3) is 0 Å². The van der Waals surface area contributed by atoms with Gasteiger partial charge in [-0.2, -0.15) is 5.10 Å². The highest BCUT2D eigenvalue weighted by atomic mass is 16.1. The van der Waals surface area contributed by atoms with Gasteiger partial charge >= 0.3 is 0 Å². The van der Waals surface area contributed by atoms with Crippen molar-refractivity contribution >= 4 is 0 Å². The van der Waals surface area contributed by atoms with E-state index in [2.05, 4.69) is 34.7 Å². The van der Waals surface area contributed by atoms with E-state index >= 15 is 0 Å². The Morgan fingerprint density at radius 1 is 1.31 bits per heavy atom. The van der Waals surface area contributed by atoms with Crippen LogP contribution in [0.4, 0.5) is 0 Å². The summed E-state index contributed by atoms with van der Waals surface area (Å²) in [5.41, 5.74) is 0.686. The van der Waals surface area contributed by atoms with Gasteiger partial charge in [0.1, 0.15) is 0 Å². The van der Waals surface area contributed by atoms with E-state index in [0.29, 0.717) is 12.5 Å². The van der Waals surface area contributed by atoms with E-state index in [1.807, 2.05) is 0 Å². The number of nitrogens with zero attached hydrogens (tertiary/aromatic N) is 1. The molecule has 0 unspecified atom stereocenters. The summed E-state index contributed by atoms with van der Waals surface area (Å²) in [6.07, 6.45) is 0. The molecule has 16 heavy (non-hydrogen) atoms. The molecule has 0 atom stereocenters. The number of rotatable bonds is 7. The first-order valence-electron chi connectivity index (χ1n) is 5.64. The number of hydrogen-bond acceptors (Lipinski definition) is 4. The summed E-state index contributed by atoms with van der Waals surface area (Å²) in [4.78, 5) is 10.8. The van der Waals surface area contributed by atoms with Gasteiger partial charge in [-0.15, -0.1) is 0 Å². The summed E-state index contributed by atoms with van der Waals surface area (Å²) in [5, 5.41) is 12.9. The molecular formula is C11H20N4O. The second kappa shape index (κ2) is 7.14. The Hall–Kier alpha value is -1.20. The van der Waals surface area contributed by atoms with Gasteiger partial charge in [0.05, 0.1) is 5.69 Å². The standard InChI is InChI=1S/C11H20N4O/c1-9(2)7-12-5-6-13-8-10-3-4-11(16)15-14-10/h3-4,9,12-13H,5-8H2,1-2H3,(H,15,16). The van der Waals surface area contributed by atoms with E-state index in [1.54, 1.807) is 6.07 Å². The van der Waals surface area contributed by atoms with Crippen LogP contribution in [0.5, 0.6) is 0 Å². The molecule has 3 N–H and O–H groups in total. The van der Waals surface area contributed by atoms with Crippen molar-refractivity contribution in [3.63, 3.8) is 0 Å². The number of nitrogens with one attached hydrogen (secondary N) is 3. The predicted molar refractivity (Wildman–Crippen MR) is 64.3 cm³/mol. The zero-order valence-electron chi connectivity index (χ0n) is 9.92. The van der Waals surface area contributed by atoms with Crippen molar-refractivity contribution in [2.75, 3.05) is 19.6 Å². The molecule has 1 aromatic rings. The Morgan fingerprint density at radius 2 is 2.06 bits per heavy atom. The summed E-state index contributed by atoms with van der Waals surface area (Å²) in [7, 11) is 0. The third-order valence-corrected chi connectivity index (χ3v) is 2.07. The minimum absolute atomic E-state index is 0.164. The van der Waals surface area contributed by atoms with Gasteiger partial charge in [-0.05, 0) is 18.5 Å². The van der Waals surface area contributed by atoms with E-state index in [0.717, 1.165) is 25.3 Å². The van der Waals surface area contributed by atoms with Crippen molar-refractivity contribution in [2.24, 2.45) is 5.92 Å². The lowest BCUT2D eigenvalue weighted by atomic mass is 10.2. The number of aromatic amines is 1. The Morgan fingerprint density at radius 3 is 2.69 bits per heavy atom. The van der Waals surface area contributed by atoms with Crippen molar-refractivity contribution in [1.29, 1.82) is 0 Å². The van der Waals surface area contributed by atoms with Crippen LogP contribution in [0.15, 0.2) is 16.9 Å². The summed E-state index contributed by atoms with van der Waals surface area (Å²) in [6.45, 7) is 7.93. The fourth-order valence-electron chi connectivity index (χ4n) is 1.26. The van der Waals surface area contributed by atoms with Crippen LogP contribution in [0.1, 0.15) is 19.5 Å². The molecule has 0 amide bonds. The molecule has 1 rings (SSSR count). The number of hydrogen-bond donors (Lipinski definition) is 3. The molecule has 5 nitrogen and oxygen atoms in total. The monoisotopic (exact) mass is 224 g/mol. The quantitative estimate of drug-likeness (QED) is 0.575. The molecular weight excluding hydrogens is 204 g/mol. The minimum Gasteiger partial charge on any atom is -0.315 e. The van der Waals surface area contributed by atoms with Crippen LogP contribution in [0, 0.1) is 5.92 Å². The van der Waals surface area contributed by atoms with Gasteiger partial charge in [0.25, 0.3) is 5.56 Å². The van der Waals surface area contributed by atoms with Crippen molar-refractivity contribution < 1.29 is 0 Å². The Bertz CT molecular complexity index is 328. The van der Waals surface area contributed by atoms with Gasteiger partial charge in [-0.3, -0.25) is 4.79 Å². The molecule has 1 heterocycles. The SMILES string of the molecule is CC(C)CNCCNCc1ccc(=O)[nH]n1. The largest absolute Gasteiger partial charge is 0.315 e. The van der Waals surface area contributed by atoms with Crippen LogP contribution >= 0.6 is 0 Å². The topological polar surface area (TPSA) is 69.8 Å². The van der Waals surface area contributed by atoms with Crippen molar-refractivity contribution in [3.05, 3.63) is 28.2 Å². The average Bonchev–Trinajstić information content (AvgIpc) is 2.25. The molecule has 0 spiro atoms. The zero-order valence-corrected chi connectivity index (χ0v) is 9.92. The lowest BCUT2D eigenvalue weighted by Gasteiger charge is -2.07. The molecule has 1 aromatic heterocycles. The zero-order chi connectivity index (χ0) is 11.8. The van der Waals surface area contributed by atoms with Gasteiger partial charge in [0.15, 0.2) is 0 Å². The minimum atomic E-state index is -0.164. The first-order valence-corrected chi connectivity index (χ1v) is 5.64. The van der Waals surface area contributed by atoms with Crippen LogP contribution in [0.3, 0.4) is 0 Å². The van der Waals surface area contributed by atoms with Gasteiger partial charge in [0, 0.05) is 25.7 Å². The highest BCUT2D eigenvalue weighted by molar-refractivity contribution is 4.98. The van der Waals surface area contributed by atoms with Crippen molar-refractivity contribution in [3.8, 4) is 0 Å². The summed E-state index contributed by atoms with van der Waals surface area (Å²) in [5.74, 6) is 0.681. The van der Waals surface area contributed by atoms with Crippen molar-refractivity contribution in [2.45, 2.75) is 20.4 Å². The lowest BCUT2D eigenvalue weighted by molar-refractivity contribution is 0.533. The van der Waals surface area contributed by atoms with Crippen LogP contribution in [-0.4, -0.2) is 29.8 Å². The molecule has 0 aliphatic rings. The highest BCUT2D eigenvalue weighted by Crippen LogP contribution is 1.87. The fraction of sp³-hybridized carbons (Fsp3) is 0.636. The maximum atomic E-state index is 10.8.